The molecule has 1 N–H and O–H groups in total. The second kappa shape index (κ2) is 15.8. The molecular weight excluding hydrogens is 472 g/mol. The van der Waals surface area contributed by atoms with E-state index >= 15 is 0 Å². The SMILES string of the molecule is CCBr.CCOc1cc(OC)c(C=O)c(OC)c1.COc1cc(O)cc(OC)c1C=O. The molecule has 2 aromatic rings. The number of carbonyl (C=O) groups is 2. The van der Waals surface area contributed by atoms with Gasteiger partial charge in [-0.2, -0.15) is 0 Å². The van der Waals surface area contributed by atoms with Crippen molar-refractivity contribution in [1.29, 1.82) is 0 Å². The van der Waals surface area contributed by atoms with Gasteiger partial charge in [-0.3, -0.25) is 9.59 Å². The third-order valence-corrected chi connectivity index (χ3v) is 3.59. The van der Waals surface area contributed by atoms with Crippen LogP contribution in [0.2, 0.25) is 0 Å². The maximum absolute atomic E-state index is 10.8. The first-order valence-corrected chi connectivity index (χ1v) is 10.3. The number of hydrogen-bond donors (Lipinski definition) is 1. The molecule has 0 saturated heterocycles. The zero-order valence-electron chi connectivity index (χ0n) is 18.6. The summed E-state index contributed by atoms with van der Waals surface area (Å²) in [6.07, 6.45) is 1.32. The van der Waals surface area contributed by atoms with Crippen molar-refractivity contribution >= 4 is 28.5 Å². The molecule has 0 atom stereocenters. The summed E-state index contributed by atoms with van der Waals surface area (Å²) >= 11 is 3.15. The molecule has 0 amide bonds. The highest BCUT2D eigenvalue weighted by atomic mass is 79.9. The van der Waals surface area contributed by atoms with Crippen LogP contribution in [-0.2, 0) is 0 Å². The van der Waals surface area contributed by atoms with E-state index in [0.717, 1.165) is 5.33 Å². The average Bonchev–Trinajstić information content (AvgIpc) is 2.78. The van der Waals surface area contributed by atoms with Crippen molar-refractivity contribution in [3.05, 3.63) is 35.4 Å². The van der Waals surface area contributed by atoms with E-state index in [1.165, 1.54) is 40.6 Å². The minimum absolute atomic E-state index is 0.000648. The summed E-state index contributed by atoms with van der Waals surface area (Å²) < 4.78 is 25.2. The van der Waals surface area contributed by atoms with Crippen LogP contribution >= 0.6 is 15.9 Å². The van der Waals surface area contributed by atoms with Crippen molar-refractivity contribution in [2.45, 2.75) is 13.8 Å². The molecular formula is C22H29BrO8. The van der Waals surface area contributed by atoms with Gasteiger partial charge in [-0.1, -0.05) is 22.9 Å². The summed E-state index contributed by atoms with van der Waals surface area (Å²) in [5, 5.41) is 10.3. The van der Waals surface area contributed by atoms with Gasteiger partial charge in [0.05, 0.1) is 46.2 Å². The molecule has 0 spiro atoms. The van der Waals surface area contributed by atoms with E-state index in [4.69, 9.17) is 23.7 Å². The standard InChI is InChI=1S/C11H14O4.C9H10O4.C2H5Br/c1-4-15-8-5-10(13-2)9(7-12)11(6-8)14-3;1-12-8-3-6(11)4-9(13-2)7(8)5-10;1-2-3/h5-7H,4H2,1-3H3;3-5,11H,1-2H3;2H2,1H3. The number of aldehydes is 2. The molecule has 0 aromatic heterocycles. The number of rotatable bonds is 8. The predicted octanol–water partition coefficient (Wildman–Crippen LogP) is 4.54. The highest BCUT2D eigenvalue weighted by Gasteiger charge is 2.12. The first-order valence-electron chi connectivity index (χ1n) is 9.21. The summed E-state index contributed by atoms with van der Waals surface area (Å²) in [4.78, 5) is 21.5. The molecule has 0 aliphatic rings. The molecule has 0 radical (unpaired) electrons. The zero-order chi connectivity index (χ0) is 23.8. The lowest BCUT2D eigenvalue weighted by Gasteiger charge is -2.11. The number of ether oxygens (including phenoxy) is 5. The largest absolute Gasteiger partial charge is 0.508 e. The van der Waals surface area contributed by atoms with Crippen LogP contribution in [0.25, 0.3) is 0 Å². The van der Waals surface area contributed by atoms with Crippen LogP contribution in [0.3, 0.4) is 0 Å². The van der Waals surface area contributed by atoms with E-state index in [0.29, 0.717) is 59.1 Å². The van der Waals surface area contributed by atoms with Crippen LogP contribution in [-0.4, -0.2) is 58.1 Å². The number of hydrogen-bond acceptors (Lipinski definition) is 8. The Morgan fingerprint density at radius 3 is 1.35 bits per heavy atom. The van der Waals surface area contributed by atoms with E-state index in [9.17, 15) is 14.7 Å². The summed E-state index contributed by atoms with van der Waals surface area (Å²) in [7, 11) is 5.83. The lowest BCUT2D eigenvalue weighted by atomic mass is 10.2. The van der Waals surface area contributed by atoms with Gasteiger partial charge in [-0.05, 0) is 6.92 Å². The third-order valence-electron chi connectivity index (χ3n) is 3.59. The highest BCUT2D eigenvalue weighted by Crippen LogP contribution is 2.33. The Hall–Kier alpha value is -2.94. The highest BCUT2D eigenvalue weighted by molar-refractivity contribution is 9.09. The first-order chi connectivity index (χ1) is 14.9. The van der Waals surface area contributed by atoms with E-state index in [-0.39, 0.29) is 5.75 Å². The number of carbonyl (C=O) groups excluding carboxylic acids is 2. The molecule has 31 heavy (non-hydrogen) atoms. The molecule has 0 saturated carbocycles. The zero-order valence-corrected chi connectivity index (χ0v) is 20.1. The van der Waals surface area contributed by atoms with Gasteiger partial charge in [0.15, 0.2) is 12.6 Å². The average molecular weight is 501 g/mol. The van der Waals surface area contributed by atoms with Gasteiger partial charge >= 0.3 is 0 Å². The molecule has 0 bridgehead atoms. The second-order valence-electron chi connectivity index (χ2n) is 5.44. The van der Waals surface area contributed by atoms with Gasteiger partial charge in [-0.25, -0.2) is 0 Å². The quantitative estimate of drug-likeness (QED) is 0.416. The number of methoxy groups -OCH3 is 4. The van der Waals surface area contributed by atoms with Gasteiger partial charge in [0.1, 0.15) is 34.5 Å². The Balaban J connectivity index is 0.000000519. The minimum atomic E-state index is -0.000648. The molecule has 8 nitrogen and oxygen atoms in total. The number of phenolic OH excluding ortho intramolecular Hbond substituents is 1. The Kier molecular flexibility index (Phi) is 14.3. The van der Waals surface area contributed by atoms with E-state index < -0.39 is 0 Å². The van der Waals surface area contributed by atoms with Crippen LogP contribution in [0.5, 0.6) is 34.5 Å². The first kappa shape index (κ1) is 28.1. The second-order valence-corrected chi connectivity index (χ2v) is 6.56. The molecule has 0 fully saturated rings. The maximum Gasteiger partial charge on any atom is 0.157 e. The number of phenols is 1. The van der Waals surface area contributed by atoms with Crippen molar-refractivity contribution in [2.24, 2.45) is 0 Å². The van der Waals surface area contributed by atoms with Crippen molar-refractivity contribution in [2.75, 3.05) is 40.4 Å². The maximum atomic E-state index is 10.8. The Bertz CT molecular complexity index is 773. The van der Waals surface area contributed by atoms with Gasteiger partial charge in [0.25, 0.3) is 0 Å². The fraction of sp³-hybridized carbons (Fsp3) is 0.364. The molecule has 0 heterocycles. The summed E-state index contributed by atoms with van der Waals surface area (Å²) in [6, 6.07) is 6.03. The van der Waals surface area contributed by atoms with Crippen LogP contribution in [0.1, 0.15) is 34.6 Å². The van der Waals surface area contributed by atoms with E-state index in [1.54, 1.807) is 12.1 Å². The number of alkyl halides is 1. The number of halogens is 1. The molecule has 9 heteroatoms. The van der Waals surface area contributed by atoms with Gasteiger partial charge in [-0.15, -0.1) is 0 Å². The molecule has 0 aliphatic heterocycles. The predicted molar refractivity (Wildman–Crippen MR) is 122 cm³/mol. The Morgan fingerprint density at radius 1 is 0.774 bits per heavy atom. The lowest BCUT2D eigenvalue weighted by Crippen LogP contribution is -1.98. The summed E-state index contributed by atoms with van der Waals surface area (Å²) in [5.74, 6) is 2.12. The lowest BCUT2D eigenvalue weighted by molar-refractivity contribution is 0.110. The van der Waals surface area contributed by atoms with Crippen LogP contribution < -0.4 is 23.7 Å². The van der Waals surface area contributed by atoms with Crippen molar-refractivity contribution in [1.82, 2.24) is 0 Å². The number of aromatic hydroxyl groups is 1. The van der Waals surface area contributed by atoms with Gasteiger partial charge in [0, 0.05) is 29.6 Å². The summed E-state index contributed by atoms with van der Waals surface area (Å²) in [6.45, 7) is 4.47. The Morgan fingerprint density at radius 2 is 1.10 bits per heavy atom. The van der Waals surface area contributed by atoms with Crippen LogP contribution in [0.15, 0.2) is 24.3 Å². The molecule has 172 valence electrons. The normalized spacial score (nSPS) is 9.13. The fourth-order valence-corrected chi connectivity index (χ4v) is 2.32. The molecule has 0 unspecified atom stereocenters. The molecule has 0 aliphatic carbocycles. The Labute approximate surface area is 191 Å². The minimum Gasteiger partial charge on any atom is -0.508 e. The van der Waals surface area contributed by atoms with Crippen LogP contribution in [0.4, 0.5) is 0 Å². The molecule has 2 rings (SSSR count). The van der Waals surface area contributed by atoms with Gasteiger partial charge in [0.2, 0.25) is 0 Å². The summed E-state index contributed by atoms with van der Waals surface area (Å²) in [5.41, 5.74) is 0.686. The number of benzene rings is 2. The van der Waals surface area contributed by atoms with Gasteiger partial charge < -0.3 is 28.8 Å². The topological polar surface area (TPSA) is 101 Å². The molecule has 2 aromatic carbocycles. The third kappa shape index (κ3) is 8.75. The van der Waals surface area contributed by atoms with Crippen molar-refractivity contribution < 1.29 is 38.4 Å². The van der Waals surface area contributed by atoms with E-state index in [1.807, 2.05) is 13.8 Å². The van der Waals surface area contributed by atoms with Crippen LogP contribution in [0, 0.1) is 0 Å². The van der Waals surface area contributed by atoms with Crippen molar-refractivity contribution in [3.63, 3.8) is 0 Å². The smallest absolute Gasteiger partial charge is 0.157 e. The fourth-order valence-electron chi connectivity index (χ4n) is 2.32. The monoisotopic (exact) mass is 500 g/mol. The van der Waals surface area contributed by atoms with Crippen molar-refractivity contribution in [3.8, 4) is 34.5 Å². The van der Waals surface area contributed by atoms with E-state index in [2.05, 4.69) is 15.9 Å².